The van der Waals surface area contributed by atoms with Crippen molar-refractivity contribution >= 4 is 5.91 Å². The lowest BCUT2D eigenvalue weighted by atomic mass is 9.99. The van der Waals surface area contributed by atoms with Gasteiger partial charge in [0.15, 0.2) is 0 Å². The van der Waals surface area contributed by atoms with Crippen LogP contribution in [0, 0.1) is 12.8 Å². The maximum absolute atomic E-state index is 12.7. The highest BCUT2D eigenvalue weighted by Crippen LogP contribution is 2.29. The Bertz CT molecular complexity index is 478. The van der Waals surface area contributed by atoms with E-state index in [0.29, 0.717) is 17.7 Å². The minimum Gasteiger partial charge on any atom is -0.334 e. The summed E-state index contributed by atoms with van der Waals surface area (Å²) >= 11 is 0. The zero-order chi connectivity index (χ0) is 13.9. The van der Waals surface area contributed by atoms with Gasteiger partial charge < -0.3 is 10.2 Å². The van der Waals surface area contributed by atoms with E-state index in [4.69, 9.17) is 0 Å². The first-order valence-corrected chi connectivity index (χ1v) is 7.69. The van der Waals surface area contributed by atoms with Crippen LogP contribution in [0.4, 0.5) is 0 Å². The molecular weight excluding hydrogens is 250 g/mol. The molecule has 3 rings (SSSR count). The zero-order valence-corrected chi connectivity index (χ0v) is 12.1. The number of amides is 1. The summed E-state index contributed by atoms with van der Waals surface area (Å²) in [4.78, 5) is 19.2. The molecule has 1 N–H and O–H groups in total. The molecule has 1 atom stereocenters. The zero-order valence-electron chi connectivity index (χ0n) is 12.1. The maximum atomic E-state index is 12.7. The summed E-state index contributed by atoms with van der Waals surface area (Å²) in [7, 11) is 0. The quantitative estimate of drug-likeness (QED) is 0.912. The standard InChI is InChI=1S/C16H23N3O/c1-12-4-2-6-15(18-12)16(20)19(14-7-8-14)11-13-5-3-9-17-10-13/h2,4,6,13-14,17H,3,5,7-11H2,1H3. The van der Waals surface area contributed by atoms with Gasteiger partial charge in [-0.15, -0.1) is 0 Å². The molecule has 1 saturated heterocycles. The fraction of sp³-hybridized carbons (Fsp3) is 0.625. The maximum Gasteiger partial charge on any atom is 0.272 e. The van der Waals surface area contributed by atoms with Crippen LogP contribution in [-0.4, -0.2) is 41.5 Å². The fourth-order valence-corrected chi connectivity index (χ4v) is 2.95. The SMILES string of the molecule is Cc1cccc(C(=O)N(CC2CCCNC2)C2CC2)n1. The van der Waals surface area contributed by atoms with Crippen molar-refractivity contribution < 1.29 is 4.79 Å². The smallest absolute Gasteiger partial charge is 0.272 e. The first kappa shape index (κ1) is 13.6. The molecule has 1 aromatic rings. The van der Waals surface area contributed by atoms with Crippen LogP contribution in [0.1, 0.15) is 41.9 Å². The lowest BCUT2D eigenvalue weighted by molar-refractivity contribution is 0.0698. The Kier molecular flexibility index (Phi) is 4.01. The molecule has 2 heterocycles. The van der Waals surface area contributed by atoms with Crippen molar-refractivity contribution in [1.29, 1.82) is 0 Å². The van der Waals surface area contributed by atoms with E-state index in [1.54, 1.807) is 0 Å². The third kappa shape index (κ3) is 3.18. The monoisotopic (exact) mass is 273 g/mol. The Balaban J connectivity index is 1.71. The van der Waals surface area contributed by atoms with Gasteiger partial charge >= 0.3 is 0 Å². The van der Waals surface area contributed by atoms with Gasteiger partial charge in [0.05, 0.1) is 0 Å². The molecule has 4 nitrogen and oxygen atoms in total. The summed E-state index contributed by atoms with van der Waals surface area (Å²) in [6.45, 7) is 4.97. The van der Waals surface area contributed by atoms with Crippen LogP contribution >= 0.6 is 0 Å². The first-order chi connectivity index (χ1) is 9.74. The van der Waals surface area contributed by atoms with Crippen molar-refractivity contribution in [2.45, 2.75) is 38.6 Å². The molecular formula is C16H23N3O. The van der Waals surface area contributed by atoms with E-state index in [9.17, 15) is 4.79 Å². The number of aryl methyl sites for hydroxylation is 1. The molecule has 0 spiro atoms. The number of piperidine rings is 1. The second-order valence-corrected chi connectivity index (χ2v) is 6.07. The number of carbonyl (C=O) groups excluding carboxylic acids is 1. The number of carbonyl (C=O) groups is 1. The Hall–Kier alpha value is -1.42. The second-order valence-electron chi connectivity index (χ2n) is 6.07. The first-order valence-electron chi connectivity index (χ1n) is 7.69. The average molecular weight is 273 g/mol. The van der Waals surface area contributed by atoms with Gasteiger partial charge in [-0.1, -0.05) is 6.07 Å². The molecule has 2 aliphatic rings. The topological polar surface area (TPSA) is 45.2 Å². The average Bonchev–Trinajstić information content (AvgIpc) is 3.30. The van der Waals surface area contributed by atoms with Crippen LogP contribution in [0.25, 0.3) is 0 Å². The van der Waals surface area contributed by atoms with E-state index in [-0.39, 0.29) is 5.91 Å². The molecule has 1 aliphatic carbocycles. The van der Waals surface area contributed by atoms with Crippen molar-refractivity contribution in [3.05, 3.63) is 29.6 Å². The molecule has 0 radical (unpaired) electrons. The van der Waals surface area contributed by atoms with Crippen molar-refractivity contribution in [3.8, 4) is 0 Å². The van der Waals surface area contributed by atoms with Gasteiger partial charge in [-0.2, -0.15) is 0 Å². The highest BCUT2D eigenvalue weighted by atomic mass is 16.2. The van der Waals surface area contributed by atoms with Crippen LogP contribution in [0.3, 0.4) is 0 Å². The number of hydrogen-bond acceptors (Lipinski definition) is 3. The van der Waals surface area contributed by atoms with Crippen LogP contribution in [0.5, 0.6) is 0 Å². The minimum atomic E-state index is 0.113. The largest absolute Gasteiger partial charge is 0.334 e. The summed E-state index contributed by atoms with van der Waals surface area (Å²) < 4.78 is 0. The predicted octanol–water partition coefficient (Wildman–Crippen LogP) is 1.99. The van der Waals surface area contributed by atoms with Gasteiger partial charge in [0.1, 0.15) is 5.69 Å². The molecule has 2 fully saturated rings. The Morgan fingerprint density at radius 2 is 2.25 bits per heavy atom. The van der Waals surface area contributed by atoms with E-state index in [2.05, 4.69) is 15.2 Å². The van der Waals surface area contributed by atoms with Gasteiger partial charge in [0, 0.05) is 18.3 Å². The Morgan fingerprint density at radius 3 is 2.90 bits per heavy atom. The molecule has 0 aromatic carbocycles. The summed E-state index contributed by atoms with van der Waals surface area (Å²) in [6, 6.07) is 6.14. The van der Waals surface area contributed by atoms with Crippen LogP contribution in [-0.2, 0) is 0 Å². The second kappa shape index (κ2) is 5.92. The number of rotatable bonds is 4. The molecule has 20 heavy (non-hydrogen) atoms. The third-order valence-electron chi connectivity index (χ3n) is 4.21. The van der Waals surface area contributed by atoms with Gasteiger partial charge in [0.2, 0.25) is 0 Å². The lowest BCUT2D eigenvalue weighted by Gasteiger charge is -2.30. The Labute approximate surface area is 120 Å². The van der Waals surface area contributed by atoms with Gasteiger partial charge in [-0.25, -0.2) is 4.98 Å². The minimum absolute atomic E-state index is 0.113. The molecule has 4 heteroatoms. The van der Waals surface area contributed by atoms with E-state index in [0.717, 1.165) is 38.2 Å². The van der Waals surface area contributed by atoms with Crippen molar-refractivity contribution in [1.82, 2.24) is 15.2 Å². The molecule has 1 unspecified atom stereocenters. The summed E-state index contributed by atoms with van der Waals surface area (Å²) in [6.07, 6.45) is 4.75. The number of hydrogen-bond donors (Lipinski definition) is 1. The summed E-state index contributed by atoms with van der Waals surface area (Å²) in [5, 5.41) is 3.43. The van der Waals surface area contributed by atoms with E-state index in [1.807, 2.05) is 25.1 Å². The molecule has 108 valence electrons. The highest BCUT2D eigenvalue weighted by molar-refractivity contribution is 5.92. The van der Waals surface area contributed by atoms with E-state index in [1.165, 1.54) is 12.8 Å². The van der Waals surface area contributed by atoms with E-state index >= 15 is 0 Å². The molecule has 1 saturated carbocycles. The predicted molar refractivity (Wildman–Crippen MR) is 78.6 cm³/mol. The molecule has 1 amide bonds. The van der Waals surface area contributed by atoms with Crippen LogP contribution in [0.2, 0.25) is 0 Å². The highest BCUT2D eigenvalue weighted by Gasteiger charge is 2.35. The molecule has 1 aromatic heterocycles. The van der Waals surface area contributed by atoms with Gasteiger partial charge in [-0.05, 0) is 63.7 Å². The summed E-state index contributed by atoms with van der Waals surface area (Å²) in [5.41, 5.74) is 1.51. The van der Waals surface area contributed by atoms with E-state index < -0.39 is 0 Å². The molecule has 1 aliphatic heterocycles. The number of aromatic nitrogens is 1. The van der Waals surface area contributed by atoms with Crippen LogP contribution in [0.15, 0.2) is 18.2 Å². The normalized spacial score (nSPS) is 22.6. The fourth-order valence-electron chi connectivity index (χ4n) is 2.95. The van der Waals surface area contributed by atoms with Crippen molar-refractivity contribution in [2.75, 3.05) is 19.6 Å². The number of nitrogens with one attached hydrogen (secondary N) is 1. The molecule has 0 bridgehead atoms. The third-order valence-corrected chi connectivity index (χ3v) is 4.21. The van der Waals surface area contributed by atoms with Crippen molar-refractivity contribution in [2.24, 2.45) is 5.92 Å². The number of nitrogens with zero attached hydrogens (tertiary/aromatic N) is 2. The van der Waals surface area contributed by atoms with Crippen molar-refractivity contribution in [3.63, 3.8) is 0 Å². The summed E-state index contributed by atoms with van der Waals surface area (Å²) in [5.74, 6) is 0.708. The Morgan fingerprint density at radius 1 is 1.40 bits per heavy atom. The van der Waals surface area contributed by atoms with Gasteiger partial charge in [0.25, 0.3) is 5.91 Å². The number of pyridine rings is 1. The lowest BCUT2D eigenvalue weighted by Crippen LogP contribution is -2.42. The van der Waals surface area contributed by atoms with Gasteiger partial charge in [-0.3, -0.25) is 4.79 Å². The van der Waals surface area contributed by atoms with Crippen LogP contribution < -0.4 is 5.32 Å².